The van der Waals surface area contributed by atoms with Crippen LogP contribution >= 0.6 is 11.8 Å². The number of carbonyl (C=O) groups is 1. The van der Waals surface area contributed by atoms with Gasteiger partial charge in [0.2, 0.25) is 0 Å². The summed E-state index contributed by atoms with van der Waals surface area (Å²) in [7, 11) is 0. The van der Waals surface area contributed by atoms with Gasteiger partial charge in [0.25, 0.3) is 0 Å². The lowest BCUT2D eigenvalue weighted by molar-refractivity contribution is 0.141. The Labute approximate surface area is 156 Å². The van der Waals surface area contributed by atoms with Crippen molar-refractivity contribution in [3.05, 3.63) is 54.3 Å². The molecule has 1 atom stereocenters. The summed E-state index contributed by atoms with van der Waals surface area (Å²) in [5.74, 6) is 1.22. The lowest BCUT2D eigenvalue weighted by atomic mass is 10.3. The summed E-state index contributed by atoms with van der Waals surface area (Å²) in [6.45, 7) is 1.87. The zero-order valence-electron chi connectivity index (χ0n) is 14.2. The molecule has 0 bridgehead atoms. The second-order valence-electron chi connectivity index (χ2n) is 5.81. The molecule has 7 heteroatoms. The number of nitrogens with one attached hydrogen (secondary N) is 2. The maximum Gasteiger partial charge on any atom is 0.319 e. The first kappa shape index (κ1) is 18.5. The monoisotopic (exact) mass is 376 g/mol. The van der Waals surface area contributed by atoms with E-state index < -0.39 is 0 Å². The van der Waals surface area contributed by atoms with Crippen LogP contribution in [0.4, 0.5) is 14.9 Å². The van der Waals surface area contributed by atoms with E-state index in [1.165, 1.54) is 12.1 Å². The van der Waals surface area contributed by atoms with E-state index in [-0.39, 0.29) is 18.0 Å². The van der Waals surface area contributed by atoms with Gasteiger partial charge in [-0.05, 0) is 48.5 Å². The lowest BCUT2D eigenvalue weighted by Crippen LogP contribution is -2.30. The summed E-state index contributed by atoms with van der Waals surface area (Å²) >= 11 is 1.56. The molecule has 0 spiro atoms. The molecule has 1 heterocycles. The first-order valence-corrected chi connectivity index (χ1v) is 9.45. The van der Waals surface area contributed by atoms with E-state index in [1.807, 2.05) is 12.1 Å². The summed E-state index contributed by atoms with van der Waals surface area (Å²) in [5, 5.41) is 5.57. The third kappa shape index (κ3) is 5.93. The number of halogens is 1. The van der Waals surface area contributed by atoms with Crippen molar-refractivity contribution < 1.29 is 18.7 Å². The summed E-state index contributed by atoms with van der Waals surface area (Å²) in [6, 6.07) is 13.3. The molecule has 0 aromatic heterocycles. The second-order valence-corrected chi connectivity index (χ2v) is 6.98. The van der Waals surface area contributed by atoms with Crippen molar-refractivity contribution in [1.29, 1.82) is 0 Å². The highest BCUT2D eigenvalue weighted by molar-refractivity contribution is 7.99. The van der Waals surface area contributed by atoms with Crippen LogP contribution < -0.4 is 15.4 Å². The van der Waals surface area contributed by atoms with Gasteiger partial charge in [0.15, 0.2) is 0 Å². The number of urea groups is 1. The van der Waals surface area contributed by atoms with Gasteiger partial charge in [-0.15, -0.1) is 11.8 Å². The van der Waals surface area contributed by atoms with E-state index in [1.54, 1.807) is 36.0 Å². The average molecular weight is 376 g/mol. The molecular weight excluding hydrogens is 355 g/mol. The third-order valence-corrected chi connectivity index (χ3v) is 4.79. The van der Waals surface area contributed by atoms with Crippen LogP contribution in [0.5, 0.6) is 5.75 Å². The fourth-order valence-electron chi connectivity index (χ4n) is 2.45. The van der Waals surface area contributed by atoms with Crippen LogP contribution in [0, 0.1) is 5.82 Å². The van der Waals surface area contributed by atoms with Crippen molar-refractivity contribution in [2.75, 3.05) is 30.8 Å². The molecule has 1 aliphatic heterocycles. The minimum atomic E-state index is -0.262. The predicted octanol–water partition coefficient (Wildman–Crippen LogP) is 3.91. The van der Waals surface area contributed by atoms with Crippen LogP contribution in [0.2, 0.25) is 0 Å². The predicted molar refractivity (Wildman–Crippen MR) is 100 cm³/mol. The summed E-state index contributed by atoms with van der Waals surface area (Å²) in [5.41, 5.74) is 0.698. The standard InChI is InChI=1S/C19H21FN2O3S/c20-14-1-7-18(8-2-14)26-12-10-21-19(23)22-15-3-5-16(6-4-15)25-17-9-11-24-13-17/h1-8,17H,9-13H2,(H2,21,22,23). The summed E-state index contributed by atoms with van der Waals surface area (Å²) in [4.78, 5) is 12.9. The molecule has 2 amide bonds. The van der Waals surface area contributed by atoms with E-state index >= 15 is 0 Å². The fraction of sp³-hybridized carbons (Fsp3) is 0.316. The molecule has 1 unspecified atom stereocenters. The van der Waals surface area contributed by atoms with Gasteiger partial charge in [0.05, 0.1) is 13.2 Å². The van der Waals surface area contributed by atoms with Crippen molar-refractivity contribution in [2.24, 2.45) is 0 Å². The minimum Gasteiger partial charge on any atom is -0.488 e. The Morgan fingerprint density at radius 1 is 1.19 bits per heavy atom. The Hall–Kier alpha value is -2.25. The average Bonchev–Trinajstić information content (AvgIpc) is 3.15. The topological polar surface area (TPSA) is 59.6 Å². The Balaban J connectivity index is 1.35. The van der Waals surface area contributed by atoms with Crippen LogP contribution in [-0.2, 0) is 4.74 Å². The van der Waals surface area contributed by atoms with E-state index in [2.05, 4.69) is 10.6 Å². The highest BCUT2D eigenvalue weighted by Gasteiger charge is 2.16. The van der Waals surface area contributed by atoms with Gasteiger partial charge in [0.1, 0.15) is 17.7 Å². The highest BCUT2D eigenvalue weighted by atomic mass is 32.2. The van der Waals surface area contributed by atoms with Crippen molar-refractivity contribution >= 4 is 23.5 Å². The second kappa shape index (κ2) is 9.45. The lowest BCUT2D eigenvalue weighted by Gasteiger charge is -2.12. The van der Waals surface area contributed by atoms with E-state index in [0.29, 0.717) is 24.6 Å². The smallest absolute Gasteiger partial charge is 0.319 e. The molecule has 26 heavy (non-hydrogen) atoms. The zero-order valence-corrected chi connectivity index (χ0v) is 15.1. The van der Waals surface area contributed by atoms with Crippen LogP contribution in [0.25, 0.3) is 0 Å². The Morgan fingerprint density at radius 2 is 1.96 bits per heavy atom. The van der Waals surface area contributed by atoms with Crippen molar-refractivity contribution in [1.82, 2.24) is 5.32 Å². The molecule has 0 aliphatic carbocycles. The van der Waals surface area contributed by atoms with Crippen molar-refractivity contribution in [2.45, 2.75) is 17.4 Å². The molecule has 1 saturated heterocycles. The molecule has 0 saturated carbocycles. The minimum absolute atomic E-state index is 0.107. The number of hydrogen-bond acceptors (Lipinski definition) is 4. The first-order valence-electron chi connectivity index (χ1n) is 8.47. The van der Waals surface area contributed by atoms with Crippen LogP contribution in [0.3, 0.4) is 0 Å². The van der Waals surface area contributed by atoms with Gasteiger partial charge in [-0.1, -0.05) is 0 Å². The number of carbonyl (C=O) groups excluding carboxylic acids is 1. The maximum atomic E-state index is 12.8. The largest absolute Gasteiger partial charge is 0.488 e. The quantitative estimate of drug-likeness (QED) is 0.568. The maximum absolute atomic E-state index is 12.8. The highest BCUT2D eigenvalue weighted by Crippen LogP contribution is 2.20. The van der Waals surface area contributed by atoms with E-state index in [9.17, 15) is 9.18 Å². The molecule has 1 aliphatic rings. The van der Waals surface area contributed by atoms with Gasteiger partial charge >= 0.3 is 6.03 Å². The molecule has 0 radical (unpaired) electrons. The zero-order chi connectivity index (χ0) is 18.2. The fourth-order valence-corrected chi connectivity index (χ4v) is 3.22. The van der Waals surface area contributed by atoms with Crippen LogP contribution in [-0.4, -0.2) is 37.6 Å². The molecular formula is C19H21FN2O3S. The summed E-state index contributed by atoms with van der Waals surface area (Å²) < 4.78 is 23.9. The molecule has 1 fully saturated rings. The van der Waals surface area contributed by atoms with E-state index in [4.69, 9.17) is 9.47 Å². The number of amides is 2. The van der Waals surface area contributed by atoms with Crippen LogP contribution in [0.15, 0.2) is 53.4 Å². The van der Waals surface area contributed by atoms with E-state index in [0.717, 1.165) is 23.7 Å². The molecule has 138 valence electrons. The van der Waals surface area contributed by atoms with Gasteiger partial charge < -0.3 is 20.1 Å². The Morgan fingerprint density at radius 3 is 2.65 bits per heavy atom. The first-order chi connectivity index (χ1) is 12.7. The molecule has 2 aromatic rings. The number of hydrogen-bond donors (Lipinski definition) is 2. The van der Waals surface area contributed by atoms with Gasteiger partial charge in [0, 0.05) is 29.3 Å². The van der Waals surface area contributed by atoms with Crippen molar-refractivity contribution in [3.8, 4) is 5.75 Å². The Kier molecular flexibility index (Phi) is 6.74. The summed E-state index contributed by atoms with van der Waals surface area (Å²) in [6.07, 6.45) is 1.01. The molecule has 3 rings (SSSR count). The van der Waals surface area contributed by atoms with Gasteiger partial charge in [-0.3, -0.25) is 0 Å². The number of anilines is 1. The van der Waals surface area contributed by atoms with Crippen molar-refractivity contribution in [3.63, 3.8) is 0 Å². The molecule has 5 nitrogen and oxygen atoms in total. The number of rotatable bonds is 7. The van der Waals surface area contributed by atoms with Crippen LogP contribution in [0.1, 0.15) is 6.42 Å². The van der Waals surface area contributed by atoms with Gasteiger partial charge in [-0.2, -0.15) is 0 Å². The Bertz CT molecular complexity index is 704. The number of ether oxygens (including phenoxy) is 2. The SMILES string of the molecule is O=C(NCCSc1ccc(F)cc1)Nc1ccc(OC2CCOC2)cc1. The third-order valence-electron chi connectivity index (χ3n) is 3.77. The number of benzene rings is 2. The molecule has 2 N–H and O–H groups in total. The molecule has 2 aromatic carbocycles. The normalized spacial score (nSPS) is 16.3. The van der Waals surface area contributed by atoms with Gasteiger partial charge in [-0.25, -0.2) is 9.18 Å². The number of thioether (sulfide) groups is 1.